The van der Waals surface area contributed by atoms with Gasteiger partial charge in [0.05, 0.1) is 0 Å². The van der Waals surface area contributed by atoms with Gasteiger partial charge in [0.1, 0.15) is 6.04 Å². The van der Waals surface area contributed by atoms with Gasteiger partial charge in [-0.15, -0.1) is 0 Å². The average Bonchev–Trinajstić information content (AvgIpc) is 1.95. The van der Waals surface area contributed by atoms with Gasteiger partial charge in [0, 0.05) is 26.9 Å². The largest absolute Gasteiger partial charge is 0.317 e. The Kier molecular flexibility index (Phi) is 2.10. The quantitative estimate of drug-likeness (QED) is 0.307. The van der Waals surface area contributed by atoms with Gasteiger partial charge in [0.15, 0.2) is 0 Å². The van der Waals surface area contributed by atoms with Crippen molar-refractivity contribution in [3.05, 3.63) is 34.4 Å². The fraction of sp³-hybridized carbons (Fsp3) is 0.333. The molecular formula is C6H7BrN2O2. The zero-order valence-electron chi connectivity index (χ0n) is 5.61. The second kappa shape index (κ2) is 2.75. The normalized spacial score (nSPS) is 35.6. The summed E-state index contributed by atoms with van der Waals surface area (Å²) in [6.07, 6.45) is 6.30. The van der Waals surface area contributed by atoms with Crippen molar-refractivity contribution in [3.63, 3.8) is 0 Å². The topological polar surface area (TPSA) is 69.2 Å². The third-order valence-electron chi connectivity index (χ3n) is 1.51. The Bertz CT molecular complexity index is 239. The summed E-state index contributed by atoms with van der Waals surface area (Å²) in [5.41, 5.74) is 5.49. The Labute approximate surface area is 72.0 Å². The molecule has 0 aromatic heterocycles. The van der Waals surface area contributed by atoms with Crippen molar-refractivity contribution in [3.8, 4) is 0 Å². The molecule has 0 aliphatic heterocycles. The van der Waals surface area contributed by atoms with Crippen molar-refractivity contribution in [1.29, 1.82) is 0 Å². The first-order valence-electron chi connectivity index (χ1n) is 3.02. The molecule has 2 unspecified atom stereocenters. The van der Waals surface area contributed by atoms with Crippen LogP contribution in [0, 0.1) is 10.1 Å². The molecule has 0 saturated heterocycles. The van der Waals surface area contributed by atoms with E-state index in [2.05, 4.69) is 15.9 Å². The minimum Gasteiger partial charge on any atom is -0.317 e. The first-order valence-corrected chi connectivity index (χ1v) is 3.81. The van der Waals surface area contributed by atoms with Crippen molar-refractivity contribution >= 4 is 15.9 Å². The Morgan fingerprint density at radius 3 is 2.64 bits per heavy atom. The fourth-order valence-corrected chi connectivity index (χ4v) is 1.11. The molecule has 0 aromatic rings. The van der Waals surface area contributed by atoms with Crippen LogP contribution in [0.4, 0.5) is 0 Å². The van der Waals surface area contributed by atoms with Crippen molar-refractivity contribution in [2.24, 2.45) is 5.73 Å². The van der Waals surface area contributed by atoms with E-state index in [0.717, 1.165) is 0 Å². The summed E-state index contributed by atoms with van der Waals surface area (Å²) in [6, 6.07) is -0.609. The van der Waals surface area contributed by atoms with Crippen LogP contribution in [0.25, 0.3) is 0 Å². The smallest absolute Gasteiger partial charge is 0.311 e. The molecule has 5 heteroatoms. The zero-order valence-corrected chi connectivity index (χ0v) is 7.19. The summed E-state index contributed by atoms with van der Waals surface area (Å²) < 4.78 is -1.32. The summed E-state index contributed by atoms with van der Waals surface area (Å²) in [5.74, 6) is 0. The molecule has 60 valence electrons. The van der Waals surface area contributed by atoms with E-state index >= 15 is 0 Å². The van der Waals surface area contributed by atoms with Crippen molar-refractivity contribution in [2.75, 3.05) is 0 Å². The minimum absolute atomic E-state index is 0.447. The Balaban J connectivity index is 2.94. The predicted octanol–water partition coefficient (Wildman–Crippen LogP) is 0.808. The highest BCUT2D eigenvalue weighted by Crippen LogP contribution is 2.27. The van der Waals surface area contributed by atoms with Crippen LogP contribution in [0.3, 0.4) is 0 Å². The molecule has 0 spiro atoms. The molecule has 2 N–H and O–H groups in total. The molecule has 1 rings (SSSR count). The molecule has 0 amide bonds. The number of nitro groups is 1. The molecule has 1 aliphatic carbocycles. The summed E-state index contributed by atoms with van der Waals surface area (Å²) in [5, 5.41) is 10.5. The number of allylic oxidation sites excluding steroid dienone is 2. The molecule has 2 atom stereocenters. The summed E-state index contributed by atoms with van der Waals surface area (Å²) in [4.78, 5) is 10.0. The van der Waals surface area contributed by atoms with Crippen molar-refractivity contribution in [1.82, 2.24) is 0 Å². The number of hydrogen-bond acceptors (Lipinski definition) is 3. The minimum atomic E-state index is -1.32. The first kappa shape index (κ1) is 8.42. The highest BCUT2D eigenvalue weighted by Gasteiger charge is 2.43. The lowest BCUT2D eigenvalue weighted by atomic mass is 10.1. The van der Waals surface area contributed by atoms with Crippen LogP contribution < -0.4 is 5.73 Å². The molecular weight excluding hydrogens is 212 g/mol. The lowest BCUT2D eigenvalue weighted by molar-refractivity contribution is -0.523. The van der Waals surface area contributed by atoms with Gasteiger partial charge in [0.25, 0.3) is 0 Å². The van der Waals surface area contributed by atoms with Gasteiger partial charge in [0.2, 0.25) is 0 Å². The zero-order chi connectivity index (χ0) is 8.48. The molecule has 11 heavy (non-hydrogen) atoms. The van der Waals surface area contributed by atoms with Gasteiger partial charge in [-0.25, -0.2) is 0 Å². The number of rotatable bonds is 1. The van der Waals surface area contributed by atoms with Crippen LogP contribution >= 0.6 is 15.9 Å². The van der Waals surface area contributed by atoms with E-state index in [1.807, 2.05) is 0 Å². The van der Waals surface area contributed by atoms with Gasteiger partial charge < -0.3 is 5.73 Å². The van der Waals surface area contributed by atoms with E-state index in [0.29, 0.717) is 0 Å². The van der Waals surface area contributed by atoms with Crippen LogP contribution in [0.1, 0.15) is 0 Å². The maximum Gasteiger partial charge on any atom is 0.311 e. The highest BCUT2D eigenvalue weighted by molar-refractivity contribution is 9.10. The number of nitrogens with zero attached hydrogens (tertiary/aromatic N) is 1. The molecule has 0 radical (unpaired) electrons. The van der Waals surface area contributed by atoms with E-state index < -0.39 is 15.4 Å². The number of nitrogens with two attached hydrogens (primary N) is 1. The van der Waals surface area contributed by atoms with E-state index in [1.54, 1.807) is 18.2 Å². The van der Waals surface area contributed by atoms with E-state index in [4.69, 9.17) is 5.73 Å². The molecule has 4 nitrogen and oxygen atoms in total. The maximum atomic E-state index is 10.5. The second-order valence-corrected chi connectivity index (χ2v) is 3.52. The SMILES string of the molecule is NC1C=CC=CC1(Br)[N+](=O)[O-]. The maximum absolute atomic E-state index is 10.5. The van der Waals surface area contributed by atoms with Crippen LogP contribution in [-0.4, -0.2) is 15.4 Å². The number of halogens is 1. The molecule has 0 aromatic carbocycles. The van der Waals surface area contributed by atoms with Gasteiger partial charge in [-0.2, -0.15) is 0 Å². The fourth-order valence-electron chi connectivity index (χ4n) is 0.803. The predicted molar refractivity (Wildman–Crippen MR) is 44.9 cm³/mol. The van der Waals surface area contributed by atoms with Crippen molar-refractivity contribution in [2.45, 2.75) is 10.5 Å². The average molecular weight is 219 g/mol. The Hall–Kier alpha value is -0.680. The molecule has 0 fully saturated rings. The third-order valence-corrected chi connectivity index (χ3v) is 2.59. The first-order chi connectivity index (χ1) is 5.07. The Morgan fingerprint density at radius 2 is 2.27 bits per heavy atom. The number of hydrogen-bond donors (Lipinski definition) is 1. The lowest BCUT2D eigenvalue weighted by Gasteiger charge is -2.21. The van der Waals surface area contributed by atoms with Crippen LogP contribution in [0.2, 0.25) is 0 Å². The van der Waals surface area contributed by atoms with Crippen molar-refractivity contribution < 1.29 is 4.92 Å². The Morgan fingerprint density at radius 1 is 1.64 bits per heavy atom. The summed E-state index contributed by atoms with van der Waals surface area (Å²) in [6.45, 7) is 0. The van der Waals surface area contributed by atoms with Crippen LogP contribution in [0.5, 0.6) is 0 Å². The van der Waals surface area contributed by atoms with E-state index in [9.17, 15) is 10.1 Å². The highest BCUT2D eigenvalue weighted by atomic mass is 79.9. The van der Waals surface area contributed by atoms with Crippen LogP contribution in [0.15, 0.2) is 24.3 Å². The van der Waals surface area contributed by atoms with Gasteiger partial charge >= 0.3 is 4.45 Å². The third kappa shape index (κ3) is 1.34. The molecule has 0 heterocycles. The van der Waals surface area contributed by atoms with Gasteiger partial charge in [-0.05, 0) is 0 Å². The monoisotopic (exact) mass is 218 g/mol. The van der Waals surface area contributed by atoms with Crippen LogP contribution in [-0.2, 0) is 0 Å². The van der Waals surface area contributed by atoms with Gasteiger partial charge in [-0.1, -0.05) is 18.2 Å². The van der Waals surface area contributed by atoms with Gasteiger partial charge in [-0.3, -0.25) is 10.1 Å². The summed E-state index contributed by atoms with van der Waals surface area (Å²) >= 11 is 2.96. The molecule has 0 bridgehead atoms. The summed E-state index contributed by atoms with van der Waals surface area (Å²) in [7, 11) is 0. The molecule has 0 saturated carbocycles. The van der Waals surface area contributed by atoms with E-state index in [1.165, 1.54) is 6.08 Å². The van der Waals surface area contributed by atoms with E-state index in [-0.39, 0.29) is 0 Å². The standard InChI is InChI=1S/C6H7BrN2O2/c7-6(9(10)11)4-2-1-3-5(6)8/h1-5H,8H2. The number of alkyl halides is 1. The second-order valence-electron chi connectivity index (χ2n) is 2.25. The molecule has 1 aliphatic rings. The lowest BCUT2D eigenvalue weighted by Crippen LogP contribution is -2.47.